The zero-order valence-corrected chi connectivity index (χ0v) is 16.2. The summed E-state index contributed by atoms with van der Waals surface area (Å²) in [7, 11) is 13.0. The molecule has 3 rings (SSSR count). The van der Waals surface area contributed by atoms with E-state index in [1.165, 1.54) is 5.56 Å². The van der Waals surface area contributed by atoms with Crippen LogP contribution in [-0.2, 0) is 10.6 Å². The molecule has 0 bridgehead atoms. The Bertz CT molecular complexity index is 896. The van der Waals surface area contributed by atoms with Crippen LogP contribution < -0.4 is 0 Å². The highest BCUT2D eigenvalue weighted by molar-refractivity contribution is 6.17. The van der Waals surface area contributed by atoms with Crippen LogP contribution in [0.3, 0.4) is 0 Å². The van der Waals surface area contributed by atoms with E-state index in [2.05, 4.69) is 40.7 Å². The minimum absolute atomic E-state index is 0.510. The first-order chi connectivity index (χ1) is 12.1. The standard InChI is InChI=1S/C22H24B2N2/c1-15-9-6-7-10-16(15)20-25-13-14-26(20)19-17(21(2,3)23)11-8-12-18(19)22(4,5)24/h6-14H,1-5H3. The molecule has 0 saturated carbocycles. The topological polar surface area (TPSA) is 17.8 Å². The molecular weight excluding hydrogens is 314 g/mol. The molecule has 0 fully saturated rings. The van der Waals surface area contributed by atoms with Crippen molar-refractivity contribution < 1.29 is 0 Å². The monoisotopic (exact) mass is 338 g/mol. The number of para-hydroxylation sites is 1. The van der Waals surface area contributed by atoms with Gasteiger partial charge in [-0.2, -0.15) is 0 Å². The summed E-state index contributed by atoms with van der Waals surface area (Å²) >= 11 is 0. The maximum Gasteiger partial charge on any atom is 0.144 e. The van der Waals surface area contributed by atoms with Crippen molar-refractivity contribution in [3.63, 3.8) is 0 Å². The Balaban J connectivity index is 2.36. The first-order valence-electron chi connectivity index (χ1n) is 8.92. The number of rotatable bonds is 4. The fourth-order valence-corrected chi connectivity index (χ4v) is 3.35. The minimum Gasteiger partial charge on any atom is -0.299 e. The lowest BCUT2D eigenvalue weighted by Gasteiger charge is -2.31. The van der Waals surface area contributed by atoms with Gasteiger partial charge < -0.3 is 0 Å². The molecule has 4 radical (unpaired) electrons. The summed E-state index contributed by atoms with van der Waals surface area (Å²) in [6.07, 6.45) is 3.82. The highest BCUT2D eigenvalue weighted by atomic mass is 15.1. The van der Waals surface area contributed by atoms with Crippen molar-refractivity contribution in [1.82, 2.24) is 9.55 Å². The third-order valence-corrected chi connectivity index (χ3v) is 4.69. The van der Waals surface area contributed by atoms with Gasteiger partial charge in [-0.3, -0.25) is 4.57 Å². The van der Waals surface area contributed by atoms with Gasteiger partial charge in [-0.05, 0) is 34.2 Å². The molecule has 0 N–H and O–H groups in total. The molecule has 0 amide bonds. The number of aromatic nitrogens is 2. The van der Waals surface area contributed by atoms with Crippen molar-refractivity contribution in [1.29, 1.82) is 0 Å². The van der Waals surface area contributed by atoms with Crippen LogP contribution in [0, 0.1) is 6.92 Å². The summed E-state index contributed by atoms with van der Waals surface area (Å²) in [5, 5.41) is -1.02. The number of hydrogen-bond acceptors (Lipinski definition) is 1. The van der Waals surface area contributed by atoms with E-state index in [-0.39, 0.29) is 0 Å². The lowest BCUT2D eigenvalue weighted by Crippen LogP contribution is -2.25. The third-order valence-electron chi connectivity index (χ3n) is 4.69. The van der Waals surface area contributed by atoms with Gasteiger partial charge >= 0.3 is 0 Å². The lowest BCUT2D eigenvalue weighted by molar-refractivity contribution is 0.719. The maximum atomic E-state index is 6.52. The van der Waals surface area contributed by atoms with E-state index < -0.39 is 10.6 Å². The Morgan fingerprint density at radius 1 is 0.846 bits per heavy atom. The fourth-order valence-electron chi connectivity index (χ4n) is 3.35. The Kier molecular flexibility index (Phi) is 4.64. The van der Waals surface area contributed by atoms with Gasteiger partial charge in [0.15, 0.2) is 0 Å². The van der Waals surface area contributed by atoms with Crippen LogP contribution in [-0.4, -0.2) is 25.2 Å². The smallest absolute Gasteiger partial charge is 0.144 e. The Labute approximate surface area is 159 Å². The van der Waals surface area contributed by atoms with Gasteiger partial charge in [0.2, 0.25) is 0 Å². The molecule has 0 atom stereocenters. The summed E-state index contributed by atoms with van der Waals surface area (Å²) in [6.45, 7) is 10.2. The van der Waals surface area contributed by atoms with Crippen LogP contribution in [0.4, 0.5) is 0 Å². The molecule has 1 aromatic heterocycles. The molecule has 4 heteroatoms. The Morgan fingerprint density at radius 2 is 1.42 bits per heavy atom. The van der Waals surface area contributed by atoms with Crippen molar-refractivity contribution in [3.8, 4) is 17.1 Å². The molecule has 0 unspecified atom stereocenters. The van der Waals surface area contributed by atoms with Gasteiger partial charge in [0, 0.05) is 18.0 Å². The van der Waals surface area contributed by atoms with Crippen molar-refractivity contribution in [2.75, 3.05) is 0 Å². The molecule has 3 aromatic rings. The molecule has 0 spiro atoms. The second kappa shape index (κ2) is 6.50. The Hall–Kier alpha value is -2.22. The molecular formula is C22H24B2N2. The molecule has 128 valence electrons. The lowest BCUT2D eigenvalue weighted by atomic mass is 9.62. The third kappa shape index (κ3) is 3.38. The molecule has 2 nitrogen and oxygen atoms in total. The van der Waals surface area contributed by atoms with Crippen LogP contribution in [0.5, 0.6) is 0 Å². The highest BCUT2D eigenvalue weighted by Crippen LogP contribution is 2.36. The Morgan fingerprint density at radius 3 is 1.96 bits per heavy atom. The van der Waals surface area contributed by atoms with Gasteiger partial charge in [-0.1, -0.05) is 70.2 Å². The normalized spacial score (nSPS) is 12.3. The van der Waals surface area contributed by atoms with Crippen LogP contribution in [0.15, 0.2) is 54.9 Å². The SMILES string of the molecule is [B]C(C)(C)c1cccc(C([B])(C)C)c1-n1ccnc1-c1ccccc1C. The molecule has 1 heterocycles. The van der Waals surface area contributed by atoms with Crippen molar-refractivity contribution in [3.05, 3.63) is 71.5 Å². The fraction of sp³-hybridized carbons (Fsp3) is 0.318. The molecule has 2 aromatic carbocycles. The predicted octanol–water partition coefficient (Wildman–Crippen LogP) is 4.65. The van der Waals surface area contributed by atoms with E-state index in [4.69, 9.17) is 15.7 Å². The largest absolute Gasteiger partial charge is 0.299 e. The molecule has 0 aliphatic heterocycles. The molecule has 0 aliphatic carbocycles. The maximum absolute atomic E-state index is 6.52. The average molecular weight is 338 g/mol. The van der Waals surface area contributed by atoms with Crippen LogP contribution in [0.2, 0.25) is 0 Å². The first-order valence-corrected chi connectivity index (χ1v) is 8.92. The molecule has 26 heavy (non-hydrogen) atoms. The molecule has 0 aliphatic rings. The first kappa shape index (κ1) is 18.6. The predicted molar refractivity (Wildman–Crippen MR) is 111 cm³/mol. The number of benzene rings is 2. The van der Waals surface area contributed by atoms with E-state index in [0.717, 1.165) is 28.2 Å². The van der Waals surface area contributed by atoms with Gasteiger partial charge in [0.05, 0.1) is 21.4 Å². The van der Waals surface area contributed by atoms with Gasteiger partial charge in [-0.15, -0.1) is 0 Å². The summed E-state index contributed by atoms with van der Waals surface area (Å²) in [4.78, 5) is 4.65. The van der Waals surface area contributed by atoms with Crippen LogP contribution >= 0.6 is 0 Å². The second-order valence-corrected chi connectivity index (χ2v) is 8.08. The van der Waals surface area contributed by atoms with E-state index in [0.29, 0.717) is 0 Å². The van der Waals surface area contributed by atoms with Crippen molar-refractivity contribution >= 4 is 15.7 Å². The van der Waals surface area contributed by atoms with Gasteiger partial charge in [-0.25, -0.2) is 4.98 Å². The van der Waals surface area contributed by atoms with Gasteiger partial charge in [0.25, 0.3) is 0 Å². The summed E-state index contributed by atoms with van der Waals surface area (Å²) in [5.41, 5.74) is 5.38. The van der Waals surface area contributed by atoms with E-state index in [1.54, 1.807) is 0 Å². The van der Waals surface area contributed by atoms with Gasteiger partial charge in [0.1, 0.15) is 5.82 Å². The van der Waals surface area contributed by atoms with Crippen LogP contribution in [0.1, 0.15) is 44.4 Å². The second-order valence-electron chi connectivity index (χ2n) is 8.08. The van der Waals surface area contributed by atoms with Crippen molar-refractivity contribution in [2.45, 2.75) is 45.2 Å². The zero-order valence-electron chi connectivity index (χ0n) is 16.2. The van der Waals surface area contributed by atoms with E-state index in [1.807, 2.05) is 58.3 Å². The van der Waals surface area contributed by atoms with Crippen LogP contribution in [0.25, 0.3) is 17.1 Å². The quantitative estimate of drug-likeness (QED) is 0.633. The number of nitrogens with zero attached hydrogens (tertiary/aromatic N) is 2. The average Bonchev–Trinajstić information content (AvgIpc) is 3.02. The minimum atomic E-state index is -0.510. The number of hydrogen-bond donors (Lipinski definition) is 0. The number of imidazole rings is 1. The highest BCUT2D eigenvalue weighted by Gasteiger charge is 2.27. The number of aryl methyl sites for hydroxylation is 1. The van der Waals surface area contributed by atoms with Crippen molar-refractivity contribution in [2.24, 2.45) is 0 Å². The summed E-state index contributed by atoms with van der Waals surface area (Å²) in [5.74, 6) is 0.894. The van der Waals surface area contributed by atoms with E-state index in [9.17, 15) is 0 Å². The van der Waals surface area contributed by atoms with E-state index >= 15 is 0 Å². The molecule has 0 saturated heterocycles. The summed E-state index contributed by atoms with van der Waals surface area (Å²) < 4.78 is 2.12. The zero-order chi connectivity index (χ0) is 19.1. The summed E-state index contributed by atoms with van der Waals surface area (Å²) in [6, 6.07) is 14.4.